The second-order valence-corrected chi connectivity index (χ2v) is 6.42. The molecule has 1 aliphatic rings. The van der Waals surface area contributed by atoms with E-state index < -0.39 is 0 Å². The van der Waals surface area contributed by atoms with Crippen LogP contribution < -0.4 is 5.73 Å². The van der Waals surface area contributed by atoms with Gasteiger partial charge in [-0.1, -0.05) is 52.3 Å². The van der Waals surface area contributed by atoms with Gasteiger partial charge in [-0.2, -0.15) is 0 Å². The normalized spacial score (nSPS) is 17.8. The van der Waals surface area contributed by atoms with Gasteiger partial charge in [-0.25, -0.2) is 4.39 Å². The molecule has 20 heavy (non-hydrogen) atoms. The maximum Gasteiger partial charge on any atom is 0.124 e. The first-order valence-corrected chi connectivity index (χ1v) is 7.66. The molecule has 1 atom stereocenters. The zero-order valence-corrected chi connectivity index (χ0v) is 12.7. The Kier molecular flexibility index (Phi) is 3.65. The van der Waals surface area contributed by atoms with Crippen molar-refractivity contribution in [3.63, 3.8) is 0 Å². The van der Waals surface area contributed by atoms with E-state index in [9.17, 15) is 4.39 Å². The van der Waals surface area contributed by atoms with Crippen LogP contribution in [0.4, 0.5) is 4.39 Å². The lowest BCUT2D eigenvalue weighted by Gasteiger charge is -2.24. The van der Waals surface area contributed by atoms with E-state index in [2.05, 4.69) is 40.2 Å². The van der Waals surface area contributed by atoms with Gasteiger partial charge in [0.05, 0.1) is 0 Å². The fraction of sp³-hybridized carbons (Fsp3) is 0.294. The van der Waals surface area contributed by atoms with E-state index in [1.54, 1.807) is 0 Å². The maximum atomic E-state index is 13.1. The number of hydrogen-bond acceptors (Lipinski definition) is 1. The van der Waals surface area contributed by atoms with Crippen molar-refractivity contribution in [1.82, 2.24) is 0 Å². The molecule has 0 bridgehead atoms. The van der Waals surface area contributed by atoms with Gasteiger partial charge < -0.3 is 5.73 Å². The largest absolute Gasteiger partial charge is 0.327 e. The molecule has 2 N–H and O–H groups in total. The summed E-state index contributed by atoms with van der Waals surface area (Å²) in [7, 11) is 0. The highest BCUT2D eigenvalue weighted by atomic mass is 79.9. The number of nitrogens with two attached hydrogens (primary N) is 1. The first-order valence-electron chi connectivity index (χ1n) is 6.87. The molecule has 2 aromatic rings. The summed E-state index contributed by atoms with van der Waals surface area (Å²) in [6.45, 7) is 0. The summed E-state index contributed by atoms with van der Waals surface area (Å²) in [5, 5.41) is 0. The van der Waals surface area contributed by atoms with Crippen molar-refractivity contribution in [3.8, 4) is 0 Å². The molecule has 1 unspecified atom stereocenters. The topological polar surface area (TPSA) is 26.0 Å². The molecule has 1 nitrogen and oxygen atoms in total. The van der Waals surface area contributed by atoms with E-state index in [-0.39, 0.29) is 17.3 Å². The van der Waals surface area contributed by atoms with Crippen molar-refractivity contribution in [3.05, 3.63) is 69.9 Å². The number of hydrogen-bond donors (Lipinski definition) is 1. The minimum absolute atomic E-state index is 0.0617. The maximum absolute atomic E-state index is 13.1. The van der Waals surface area contributed by atoms with Crippen LogP contribution in [0.3, 0.4) is 0 Å². The highest BCUT2D eigenvalue weighted by Gasteiger charge is 2.48. The molecular weight excluding hydrogens is 317 g/mol. The van der Waals surface area contributed by atoms with Crippen LogP contribution >= 0.6 is 15.9 Å². The summed E-state index contributed by atoms with van der Waals surface area (Å²) in [4.78, 5) is 0. The highest BCUT2D eigenvalue weighted by Crippen LogP contribution is 2.51. The zero-order valence-electron chi connectivity index (χ0n) is 11.2. The number of benzene rings is 2. The molecule has 0 radical (unpaired) electrons. The summed E-state index contributed by atoms with van der Waals surface area (Å²) in [5.41, 5.74) is 8.97. The molecule has 0 aliphatic heterocycles. The van der Waals surface area contributed by atoms with Crippen molar-refractivity contribution in [1.29, 1.82) is 0 Å². The Morgan fingerprint density at radius 1 is 1.15 bits per heavy atom. The fourth-order valence-corrected chi connectivity index (χ4v) is 3.41. The van der Waals surface area contributed by atoms with Gasteiger partial charge in [0.1, 0.15) is 5.82 Å². The SMILES string of the molecule is NC(Cc1ccc(F)cc1Br)C1(c2ccccc2)CC1. The molecule has 3 rings (SSSR count). The standard InChI is InChI=1S/C17H17BrFN/c18-15-11-14(19)7-6-12(15)10-16(20)17(8-9-17)13-4-2-1-3-5-13/h1-7,11,16H,8-10,20H2. The Labute approximate surface area is 127 Å². The molecule has 0 aromatic heterocycles. The molecular formula is C17H17BrFN. The van der Waals surface area contributed by atoms with Crippen molar-refractivity contribution >= 4 is 15.9 Å². The average molecular weight is 334 g/mol. The second kappa shape index (κ2) is 5.30. The van der Waals surface area contributed by atoms with Gasteiger partial charge in [-0.05, 0) is 42.5 Å². The molecule has 1 saturated carbocycles. The number of halogens is 2. The van der Waals surface area contributed by atoms with E-state index in [0.717, 1.165) is 29.3 Å². The number of rotatable bonds is 4. The zero-order chi connectivity index (χ0) is 14.2. The van der Waals surface area contributed by atoms with E-state index >= 15 is 0 Å². The van der Waals surface area contributed by atoms with Gasteiger partial charge in [0, 0.05) is 15.9 Å². The molecule has 1 fully saturated rings. The van der Waals surface area contributed by atoms with Crippen LogP contribution in [-0.2, 0) is 11.8 Å². The molecule has 2 aromatic carbocycles. The van der Waals surface area contributed by atoms with Gasteiger partial charge in [-0.3, -0.25) is 0 Å². The summed E-state index contributed by atoms with van der Waals surface area (Å²) in [6, 6.07) is 15.4. The van der Waals surface area contributed by atoms with Crippen LogP contribution in [0.1, 0.15) is 24.0 Å². The van der Waals surface area contributed by atoms with Gasteiger partial charge in [-0.15, -0.1) is 0 Å². The van der Waals surface area contributed by atoms with Crippen LogP contribution in [0.15, 0.2) is 53.0 Å². The van der Waals surface area contributed by atoms with E-state index in [0.29, 0.717) is 0 Å². The minimum Gasteiger partial charge on any atom is -0.327 e. The minimum atomic E-state index is -0.224. The predicted octanol–water partition coefficient (Wildman–Crippen LogP) is 4.19. The third kappa shape index (κ3) is 2.52. The second-order valence-electron chi connectivity index (χ2n) is 5.57. The van der Waals surface area contributed by atoms with E-state index in [1.165, 1.54) is 17.7 Å². The van der Waals surface area contributed by atoms with E-state index in [1.807, 2.05) is 12.1 Å². The Morgan fingerprint density at radius 2 is 1.85 bits per heavy atom. The monoisotopic (exact) mass is 333 g/mol. The van der Waals surface area contributed by atoms with Gasteiger partial charge in [0.15, 0.2) is 0 Å². The molecule has 0 heterocycles. The van der Waals surface area contributed by atoms with Crippen LogP contribution in [0.2, 0.25) is 0 Å². The molecule has 0 amide bonds. The van der Waals surface area contributed by atoms with Gasteiger partial charge >= 0.3 is 0 Å². The lowest BCUT2D eigenvalue weighted by molar-refractivity contribution is 0.513. The first-order chi connectivity index (χ1) is 9.62. The van der Waals surface area contributed by atoms with Crippen molar-refractivity contribution in [2.45, 2.75) is 30.7 Å². The molecule has 3 heteroatoms. The summed E-state index contributed by atoms with van der Waals surface area (Å²) < 4.78 is 13.9. The first kappa shape index (κ1) is 13.8. The van der Waals surface area contributed by atoms with Crippen LogP contribution in [0.5, 0.6) is 0 Å². The summed E-state index contributed by atoms with van der Waals surface area (Å²) in [6.07, 6.45) is 3.03. The Balaban J connectivity index is 1.81. The Hall–Kier alpha value is -1.19. The van der Waals surface area contributed by atoms with Gasteiger partial charge in [0.2, 0.25) is 0 Å². The third-order valence-electron chi connectivity index (χ3n) is 4.30. The van der Waals surface area contributed by atoms with Crippen molar-refractivity contribution in [2.24, 2.45) is 5.73 Å². The molecule has 1 aliphatic carbocycles. The third-order valence-corrected chi connectivity index (χ3v) is 5.04. The van der Waals surface area contributed by atoms with Crippen molar-refractivity contribution in [2.75, 3.05) is 0 Å². The van der Waals surface area contributed by atoms with E-state index in [4.69, 9.17) is 5.73 Å². The van der Waals surface area contributed by atoms with Gasteiger partial charge in [0.25, 0.3) is 0 Å². The van der Waals surface area contributed by atoms with Crippen molar-refractivity contribution < 1.29 is 4.39 Å². The Bertz CT molecular complexity index is 608. The predicted molar refractivity (Wildman–Crippen MR) is 83.1 cm³/mol. The molecule has 0 saturated heterocycles. The summed E-state index contributed by atoms with van der Waals surface area (Å²) >= 11 is 3.42. The highest BCUT2D eigenvalue weighted by molar-refractivity contribution is 9.10. The van der Waals surface area contributed by atoms with Crippen LogP contribution in [0, 0.1) is 5.82 Å². The fourth-order valence-electron chi connectivity index (χ4n) is 2.90. The lowest BCUT2D eigenvalue weighted by Crippen LogP contribution is -2.36. The lowest BCUT2D eigenvalue weighted by atomic mass is 9.85. The summed E-state index contributed by atoms with van der Waals surface area (Å²) in [5.74, 6) is -0.224. The smallest absolute Gasteiger partial charge is 0.124 e. The van der Waals surface area contributed by atoms with Crippen LogP contribution in [0.25, 0.3) is 0 Å². The Morgan fingerprint density at radius 3 is 2.45 bits per heavy atom. The molecule has 0 spiro atoms. The quantitative estimate of drug-likeness (QED) is 0.891. The average Bonchev–Trinajstić information content (AvgIpc) is 3.24. The van der Waals surface area contributed by atoms with Crippen LogP contribution in [-0.4, -0.2) is 6.04 Å². The molecule has 104 valence electrons.